The minimum atomic E-state index is -0.580. The highest BCUT2D eigenvalue weighted by atomic mass is 16.5. The Bertz CT molecular complexity index is 888. The molecule has 1 fully saturated rings. The van der Waals surface area contributed by atoms with Crippen molar-refractivity contribution in [1.82, 2.24) is 10.1 Å². The van der Waals surface area contributed by atoms with Gasteiger partial charge >= 0.3 is 5.97 Å². The van der Waals surface area contributed by atoms with Gasteiger partial charge in [-0.3, -0.25) is 4.79 Å². The molecule has 0 unspecified atom stereocenters. The number of likely N-dealkylation sites (tertiary alicyclic amines) is 1. The Morgan fingerprint density at radius 3 is 2.73 bits per heavy atom. The summed E-state index contributed by atoms with van der Waals surface area (Å²) in [6.45, 7) is 7.21. The molecule has 1 atom stereocenters. The average molecular weight is 416 g/mol. The lowest BCUT2D eigenvalue weighted by Crippen LogP contribution is -2.41. The first-order valence-corrected chi connectivity index (χ1v) is 10.1. The summed E-state index contributed by atoms with van der Waals surface area (Å²) in [5.41, 5.74) is 1.92. The first kappa shape index (κ1) is 21.7. The minimum Gasteiger partial charge on any atom is -0.493 e. The van der Waals surface area contributed by atoms with Gasteiger partial charge in [0.1, 0.15) is 12.4 Å². The Morgan fingerprint density at radius 2 is 2.07 bits per heavy atom. The fourth-order valence-corrected chi connectivity index (χ4v) is 3.49. The summed E-state index contributed by atoms with van der Waals surface area (Å²) in [5.74, 6) is 1.30. The quantitative estimate of drug-likeness (QED) is 0.640. The van der Waals surface area contributed by atoms with Crippen LogP contribution in [0.15, 0.2) is 22.7 Å². The number of aromatic nitrogens is 1. The van der Waals surface area contributed by atoms with Crippen LogP contribution in [0.4, 0.5) is 0 Å². The van der Waals surface area contributed by atoms with E-state index >= 15 is 0 Å². The lowest BCUT2D eigenvalue weighted by atomic mass is 10.0. The van der Waals surface area contributed by atoms with E-state index in [2.05, 4.69) is 12.1 Å². The number of carbonyl (C=O) groups excluding carboxylic acids is 2. The van der Waals surface area contributed by atoms with E-state index in [1.165, 1.54) is 7.11 Å². The molecule has 0 aliphatic carbocycles. The molecule has 2 heterocycles. The minimum absolute atomic E-state index is 0.165. The topological polar surface area (TPSA) is 91.1 Å². The summed E-state index contributed by atoms with van der Waals surface area (Å²) in [5, 5.41) is 3.90. The van der Waals surface area contributed by atoms with Gasteiger partial charge in [-0.2, -0.15) is 0 Å². The van der Waals surface area contributed by atoms with E-state index in [9.17, 15) is 9.59 Å². The first-order valence-electron chi connectivity index (χ1n) is 10.1. The van der Waals surface area contributed by atoms with Crippen molar-refractivity contribution < 1.29 is 28.3 Å². The highest BCUT2D eigenvalue weighted by Gasteiger charge is 2.22. The number of carbonyl (C=O) groups is 2. The number of nitrogens with zero attached hydrogens (tertiary/aromatic N) is 2. The molecule has 1 aromatic carbocycles. The van der Waals surface area contributed by atoms with Crippen LogP contribution >= 0.6 is 0 Å². The number of esters is 1. The normalized spacial score (nSPS) is 16.3. The van der Waals surface area contributed by atoms with Crippen molar-refractivity contribution in [3.05, 3.63) is 40.8 Å². The second-order valence-electron chi connectivity index (χ2n) is 7.62. The average Bonchev–Trinajstić information content (AvgIpc) is 3.07. The van der Waals surface area contributed by atoms with Gasteiger partial charge in [-0.1, -0.05) is 12.1 Å². The number of hydrogen-bond acceptors (Lipinski definition) is 7. The molecule has 0 radical (unpaired) electrons. The van der Waals surface area contributed by atoms with E-state index in [1.54, 1.807) is 23.1 Å². The van der Waals surface area contributed by atoms with Crippen molar-refractivity contribution in [2.75, 3.05) is 26.8 Å². The lowest BCUT2D eigenvalue weighted by Gasteiger charge is -2.30. The second-order valence-corrected chi connectivity index (χ2v) is 7.62. The zero-order chi connectivity index (χ0) is 21.7. The maximum Gasteiger partial charge on any atom is 0.338 e. The molecular weight excluding hydrogens is 388 g/mol. The molecule has 1 aromatic heterocycles. The van der Waals surface area contributed by atoms with E-state index in [-0.39, 0.29) is 24.7 Å². The van der Waals surface area contributed by atoms with Crippen LogP contribution in [0.1, 0.15) is 47.1 Å². The number of hydrogen-bond donors (Lipinski definition) is 0. The molecule has 2 aromatic rings. The monoisotopic (exact) mass is 416 g/mol. The van der Waals surface area contributed by atoms with Crippen molar-refractivity contribution in [2.24, 2.45) is 5.92 Å². The van der Waals surface area contributed by atoms with Crippen LogP contribution in [0.3, 0.4) is 0 Å². The molecule has 0 N–H and O–H groups in total. The summed E-state index contributed by atoms with van der Waals surface area (Å²) >= 11 is 0. The fraction of sp³-hybridized carbons (Fsp3) is 0.500. The summed E-state index contributed by atoms with van der Waals surface area (Å²) in [7, 11) is 1.49. The first-order chi connectivity index (χ1) is 14.4. The Kier molecular flexibility index (Phi) is 6.97. The second kappa shape index (κ2) is 9.65. The van der Waals surface area contributed by atoms with Crippen LogP contribution in [0, 0.1) is 19.8 Å². The largest absolute Gasteiger partial charge is 0.493 e. The third-order valence-corrected chi connectivity index (χ3v) is 5.29. The SMILES string of the molecule is COc1cc(C(=O)OCC(=O)N2CCC[C@@H](C)C2)ccc1OCc1c(C)noc1C. The molecular formula is C22H28N2O6. The van der Waals surface area contributed by atoms with Crippen molar-refractivity contribution in [1.29, 1.82) is 0 Å². The van der Waals surface area contributed by atoms with Gasteiger partial charge in [0, 0.05) is 13.1 Å². The van der Waals surface area contributed by atoms with Gasteiger partial charge in [-0.25, -0.2) is 4.79 Å². The van der Waals surface area contributed by atoms with Gasteiger partial charge in [0.25, 0.3) is 5.91 Å². The third kappa shape index (κ3) is 5.11. The van der Waals surface area contributed by atoms with Gasteiger partial charge in [0.15, 0.2) is 18.1 Å². The van der Waals surface area contributed by atoms with Crippen LogP contribution in [-0.2, 0) is 16.1 Å². The molecule has 1 saturated heterocycles. The lowest BCUT2D eigenvalue weighted by molar-refractivity contribution is -0.136. The molecule has 0 spiro atoms. The molecule has 8 nitrogen and oxygen atoms in total. The number of amides is 1. The summed E-state index contributed by atoms with van der Waals surface area (Å²) < 4.78 is 21.5. The van der Waals surface area contributed by atoms with Gasteiger partial charge in [0.2, 0.25) is 0 Å². The van der Waals surface area contributed by atoms with Gasteiger partial charge in [-0.15, -0.1) is 0 Å². The van der Waals surface area contributed by atoms with E-state index < -0.39 is 5.97 Å². The number of piperidine rings is 1. The molecule has 1 amide bonds. The molecule has 0 bridgehead atoms. The Hall–Kier alpha value is -3.03. The maximum atomic E-state index is 12.4. The molecule has 0 saturated carbocycles. The number of benzene rings is 1. The predicted molar refractivity (Wildman–Crippen MR) is 109 cm³/mol. The van der Waals surface area contributed by atoms with E-state index in [4.69, 9.17) is 18.7 Å². The number of methoxy groups -OCH3 is 1. The Balaban J connectivity index is 1.59. The van der Waals surface area contributed by atoms with Crippen LogP contribution in [0.2, 0.25) is 0 Å². The smallest absolute Gasteiger partial charge is 0.338 e. The molecule has 3 rings (SSSR count). The van der Waals surface area contributed by atoms with Crippen molar-refractivity contribution >= 4 is 11.9 Å². The van der Waals surface area contributed by atoms with E-state index in [0.717, 1.165) is 24.1 Å². The standard InChI is InChI=1S/C22H28N2O6/c1-14-6-5-9-24(11-14)21(25)13-29-22(26)17-7-8-19(20(10-17)27-4)28-12-18-15(2)23-30-16(18)3/h7-8,10,14H,5-6,9,11-13H2,1-4H3/t14-/m1/s1. The van der Waals surface area contributed by atoms with Crippen molar-refractivity contribution in [3.63, 3.8) is 0 Å². The zero-order valence-electron chi connectivity index (χ0n) is 17.9. The molecule has 1 aliphatic heterocycles. The number of rotatable bonds is 7. The van der Waals surface area contributed by atoms with Gasteiger partial charge in [-0.05, 0) is 50.8 Å². The summed E-state index contributed by atoms with van der Waals surface area (Å²) in [6, 6.07) is 4.77. The zero-order valence-corrected chi connectivity index (χ0v) is 17.9. The van der Waals surface area contributed by atoms with Crippen LogP contribution < -0.4 is 9.47 Å². The van der Waals surface area contributed by atoms with Gasteiger partial charge < -0.3 is 23.6 Å². The third-order valence-electron chi connectivity index (χ3n) is 5.29. The van der Waals surface area contributed by atoms with Crippen LogP contribution in [0.25, 0.3) is 0 Å². The van der Waals surface area contributed by atoms with Crippen LogP contribution in [0.5, 0.6) is 11.5 Å². The Morgan fingerprint density at radius 1 is 1.27 bits per heavy atom. The maximum absolute atomic E-state index is 12.4. The van der Waals surface area contributed by atoms with Crippen LogP contribution in [-0.4, -0.2) is 48.7 Å². The highest BCUT2D eigenvalue weighted by Crippen LogP contribution is 2.30. The predicted octanol–water partition coefficient (Wildman–Crippen LogP) is 3.29. The number of aryl methyl sites for hydroxylation is 2. The molecule has 8 heteroatoms. The van der Waals surface area contributed by atoms with Crippen molar-refractivity contribution in [3.8, 4) is 11.5 Å². The summed E-state index contributed by atoms with van der Waals surface area (Å²) in [4.78, 5) is 26.5. The fourth-order valence-electron chi connectivity index (χ4n) is 3.49. The molecule has 1 aliphatic rings. The van der Waals surface area contributed by atoms with E-state index in [1.807, 2.05) is 13.8 Å². The highest BCUT2D eigenvalue weighted by molar-refractivity contribution is 5.92. The molecule has 30 heavy (non-hydrogen) atoms. The van der Waals surface area contributed by atoms with Crippen molar-refractivity contribution in [2.45, 2.75) is 40.2 Å². The summed E-state index contributed by atoms with van der Waals surface area (Å²) in [6.07, 6.45) is 2.10. The molecule has 162 valence electrons. The number of ether oxygens (including phenoxy) is 3. The van der Waals surface area contributed by atoms with E-state index in [0.29, 0.717) is 36.3 Å². The van der Waals surface area contributed by atoms with Gasteiger partial charge in [0.05, 0.1) is 23.9 Å². The Labute approximate surface area is 176 Å².